The molecule has 1 amide bonds. The molecular weight excluding hydrogens is 280 g/mol. The number of carbonyl (C=O) groups excluding carboxylic acids is 1. The average molecular weight is 296 g/mol. The number of rotatable bonds is 1. The summed E-state index contributed by atoms with van der Waals surface area (Å²) < 4.78 is 0. The lowest BCUT2D eigenvalue weighted by Gasteiger charge is -2.27. The van der Waals surface area contributed by atoms with Crippen molar-refractivity contribution in [2.75, 3.05) is 13.1 Å². The van der Waals surface area contributed by atoms with E-state index in [4.69, 9.17) is 5.73 Å². The van der Waals surface area contributed by atoms with Crippen LogP contribution in [0.2, 0.25) is 0 Å². The van der Waals surface area contributed by atoms with E-state index in [1.54, 1.807) is 11.3 Å². The van der Waals surface area contributed by atoms with Crippen LogP contribution in [0.25, 0.3) is 0 Å². The second kappa shape index (κ2) is 6.13. The van der Waals surface area contributed by atoms with Crippen molar-refractivity contribution < 1.29 is 4.79 Å². The highest BCUT2D eigenvalue weighted by atomic mass is 32.1. The molecule has 0 unspecified atom stereocenters. The van der Waals surface area contributed by atoms with Crippen molar-refractivity contribution in [2.45, 2.75) is 13.0 Å². The molecule has 0 bridgehead atoms. The summed E-state index contributed by atoms with van der Waals surface area (Å²) in [7, 11) is 0. The van der Waals surface area contributed by atoms with E-state index in [1.807, 2.05) is 29.2 Å². The summed E-state index contributed by atoms with van der Waals surface area (Å²) in [6.07, 6.45) is 0.940. The van der Waals surface area contributed by atoms with Gasteiger partial charge in [0.2, 0.25) is 0 Å². The lowest BCUT2D eigenvalue weighted by molar-refractivity contribution is 0.0735. The van der Waals surface area contributed by atoms with Gasteiger partial charge in [0.1, 0.15) is 0 Å². The van der Waals surface area contributed by atoms with Crippen LogP contribution in [0.1, 0.15) is 26.4 Å². The molecule has 0 saturated heterocycles. The maximum atomic E-state index is 12.7. The first-order valence-electron chi connectivity index (χ1n) is 6.92. The maximum absolute atomic E-state index is 12.7. The number of thiophene rings is 1. The van der Waals surface area contributed by atoms with E-state index < -0.39 is 0 Å². The lowest BCUT2D eigenvalue weighted by atomic mass is 10.0. The predicted molar refractivity (Wildman–Crippen MR) is 85.1 cm³/mol. The number of benzene rings is 1. The molecule has 2 aromatic rings. The average Bonchev–Trinajstić information content (AvgIpc) is 3.00. The zero-order chi connectivity index (χ0) is 14.7. The zero-order valence-corrected chi connectivity index (χ0v) is 12.5. The lowest BCUT2D eigenvalue weighted by Crippen LogP contribution is -2.35. The van der Waals surface area contributed by atoms with Crippen LogP contribution in [-0.4, -0.2) is 23.9 Å². The van der Waals surface area contributed by atoms with Gasteiger partial charge in [-0.05, 0) is 35.6 Å². The molecule has 2 N–H and O–H groups in total. The molecule has 0 aliphatic carbocycles. The molecule has 3 rings (SSSR count). The van der Waals surface area contributed by atoms with E-state index in [2.05, 4.69) is 23.3 Å². The van der Waals surface area contributed by atoms with Crippen molar-refractivity contribution in [3.05, 3.63) is 57.3 Å². The SMILES string of the molecule is NCC#Cc1ccccc1C(=O)N1CCc2sccc2C1. The Balaban J connectivity index is 1.86. The first-order chi connectivity index (χ1) is 10.3. The topological polar surface area (TPSA) is 46.3 Å². The Hall–Kier alpha value is -2.09. The molecule has 1 aliphatic heterocycles. The standard InChI is InChI=1S/C17H16N2OS/c18-9-3-5-13-4-1-2-6-15(13)17(20)19-10-7-16-14(12-19)8-11-21-16/h1-2,4,6,8,11H,7,9-10,12,18H2. The fraction of sp³-hybridized carbons (Fsp3) is 0.235. The van der Waals surface area contributed by atoms with Gasteiger partial charge < -0.3 is 10.6 Å². The van der Waals surface area contributed by atoms with E-state index in [-0.39, 0.29) is 5.91 Å². The zero-order valence-electron chi connectivity index (χ0n) is 11.6. The number of amides is 1. The Bertz CT molecular complexity index is 724. The van der Waals surface area contributed by atoms with Gasteiger partial charge in [-0.1, -0.05) is 24.0 Å². The maximum Gasteiger partial charge on any atom is 0.255 e. The Labute approximate surface area is 128 Å². The number of nitrogens with two attached hydrogens (primary N) is 1. The van der Waals surface area contributed by atoms with Crippen LogP contribution in [0, 0.1) is 11.8 Å². The quantitative estimate of drug-likeness (QED) is 0.821. The highest BCUT2D eigenvalue weighted by Gasteiger charge is 2.23. The second-order valence-corrected chi connectivity index (χ2v) is 5.90. The molecular formula is C17H16N2OS. The molecule has 0 saturated carbocycles. The molecule has 1 aromatic carbocycles. The molecule has 1 aromatic heterocycles. The molecule has 21 heavy (non-hydrogen) atoms. The summed E-state index contributed by atoms with van der Waals surface area (Å²) in [4.78, 5) is 16.0. The number of hydrogen-bond donors (Lipinski definition) is 1. The Kier molecular flexibility index (Phi) is 4.05. The summed E-state index contributed by atoms with van der Waals surface area (Å²) in [5, 5.41) is 2.10. The van der Waals surface area contributed by atoms with E-state index in [1.165, 1.54) is 10.4 Å². The molecule has 2 heterocycles. The van der Waals surface area contributed by atoms with Crippen molar-refractivity contribution in [3.8, 4) is 11.8 Å². The van der Waals surface area contributed by atoms with E-state index in [0.29, 0.717) is 18.7 Å². The third kappa shape index (κ3) is 2.85. The van der Waals surface area contributed by atoms with Gasteiger partial charge in [-0.25, -0.2) is 0 Å². The van der Waals surface area contributed by atoms with Gasteiger partial charge in [0.15, 0.2) is 0 Å². The third-order valence-electron chi connectivity index (χ3n) is 3.58. The summed E-state index contributed by atoms with van der Waals surface area (Å²) in [6.45, 7) is 1.76. The highest BCUT2D eigenvalue weighted by molar-refractivity contribution is 7.10. The van der Waals surface area contributed by atoms with Gasteiger partial charge >= 0.3 is 0 Å². The van der Waals surface area contributed by atoms with E-state index in [9.17, 15) is 4.79 Å². The van der Waals surface area contributed by atoms with Crippen molar-refractivity contribution in [1.29, 1.82) is 0 Å². The van der Waals surface area contributed by atoms with Gasteiger partial charge in [-0.15, -0.1) is 11.3 Å². The summed E-state index contributed by atoms with van der Waals surface area (Å²) in [5.74, 6) is 5.86. The minimum atomic E-state index is 0.0498. The van der Waals surface area contributed by atoms with Crippen LogP contribution in [-0.2, 0) is 13.0 Å². The monoisotopic (exact) mass is 296 g/mol. The molecule has 106 valence electrons. The van der Waals surface area contributed by atoms with Gasteiger partial charge in [-0.2, -0.15) is 0 Å². The smallest absolute Gasteiger partial charge is 0.255 e. The van der Waals surface area contributed by atoms with Crippen molar-refractivity contribution >= 4 is 17.2 Å². The van der Waals surface area contributed by atoms with Crippen LogP contribution >= 0.6 is 11.3 Å². The second-order valence-electron chi connectivity index (χ2n) is 4.90. The van der Waals surface area contributed by atoms with Crippen LogP contribution in [0.4, 0.5) is 0 Å². The third-order valence-corrected chi connectivity index (χ3v) is 4.60. The summed E-state index contributed by atoms with van der Waals surface area (Å²) >= 11 is 1.77. The minimum absolute atomic E-state index is 0.0498. The minimum Gasteiger partial charge on any atom is -0.334 e. The predicted octanol–water partition coefficient (Wildman–Crippen LogP) is 2.26. The van der Waals surface area contributed by atoms with Crippen molar-refractivity contribution in [2.24, 2.45) is 5.73 Å². The molecule has 0 atom stereocenters. The largest absolute Gasteiger partial charge is 0.334 e. The first kappa shape index (κ1) is 13.9. The summed E-state index contributed by atoms with van der Waals surface area (Å²) in [6, 6.07) is 9.59. The molecule has 0 spiro atoms. The fourth-order valence-corrected chi connectivity index (χ4v) is 3.41. The molecule has 0 radical (unpaired) electrons. The molecule has 0 fully saturated rings. The van der Waals surface area contributed by atoms with Crippen molar-refractivity contribution in [1.82, 2.24) is 4.90 Å². The highest BCUT2D eigenvalue weighted by Crippen LogP contribution is 2.25. The molecule has 1 aliphatic rings. The number of fused-ring (bicyclic) bond motifs is 1. The normalized spacial score (nSPS) is 13.3. The van der Waals surface area contributed by atoms with Crippen LogP contribution in [0.3, 0.4) is 0 Å². The number of carbonyl (C=O) groups is 1. The number of hydrogen-bond acceptors (Lipinski definition) is 3. The summed E-state index contributed by atoms with van der Waals surface area (Å²) in [5.41, 5.74) is 8.11. The Morgan fingerprint density at radius 3 is 3.05 bits per heavy atom. The number of nitrogens with zero attached hydrogens (tertiary/aromatic N) is 1. The fourth-order valence-electron chi connectivity index (χ4n) is 2.52. The van der Waals surface area contributed by atoms with Gasteiger partial charge in [0.05, 0.1) is 12.1 Å². The van der Waals surface area contributed by atoms with E-state index in [0.717, 1.165) is 18.5 Å². The first-order valence-corrected chi connectivity index (χ1v) is 7.80. The molecule has 3 nitrogen and oxygen atoms in total. The van der Waals surface area contributed by atoms with Crippen LogP contribution in [0.15, 0.2) is 35.7 Å². The van der Waals surface area contributed by atoms with Gasteiger partial charge in [0.25, 0.3) is 5.91 Å². The Morgan fingerprint density at radius 2 is 2.19 bits per heavy atom. The van der Waals surface area contributed by atoms with Gasteiger partial charge in [0, 0.05) is 23.5 Å². The molecule has 4 heteroatoms. The Morgan fingerprint density at radius 1 is 1.33 bits per heavy atom. The van der Waals surface area contributed by atoms with E-state index >= 15 is 0 Å². The van der Waals surface area contributed by atoms with Crippen LogP contribution in [0.5, 0.6) is 0 Å². The van der Waals surface area contributed by atoms with Crippen LogP contribution < -0.4 is 5.73 Å². The van der Waals surface area contributed by atoms with Gasteiger partial charge in [-0.3, -0.25) is 4.79 Å². The van der Waals surface area contributed by atoms with Crippen molar-refractivity contribution in [3.63, 3.8) is 0 Å².